The van der Waals surface area contributed by atoms with E-state index in [1.165, 1.54) is 20.7 Å². The van der Waals surface area contributed by atoms with Crippen molar-refractivity contribution in [3.63, 3.8) is 0 Å². The second kappa shape index (κ2) is 8.32. The Morgan fingerprint density at radius 2 is 1.20 bits per heavy atom. The summed E-state index contributed by atoms with van der Waals surface area (Å²) >= 11 is 0. The third kappa shape index (κ3) is 4.17. The highest BCUT2D eigenvalue weighted by Gasteiger charge is 2.35. The molecule has 0 unspecified atom stereocenters. The second-order valence-electron chi connectivity index (χ2n) is 6.07. The molecule has 142 valence electrons. The summed E-state index contributed by atoms with van der Waals surface area (Å²) in [5.74, 6) is 0. The van der Waals surface area contributed by atoms with Gasteiger partial charge in [-0.25, -0.2) is 16.8 Å². The Hall–Kier alpha value is -0.710. The summed E-state index contributed by atoms with van der Waals surface area (Å²) in [6.07, 6.45) is 2.33. The lowest BCUT2D eigenvalue weighted by Crippen LogP contribution is -2.36. The largest absolute Gasteiger partial charge is 0.315 e. The summed E-state index contributed by atoms with van der Waals surface area (Å²) in [4.78, 5) is -0.220. The molecular weight excluding hydrogens is 386 g/mol. The molecule has 0 atom stereocenters. The summed E-state index contributed by atoms with van der Waals surface area (Å²) in [5.41, 5.74) is 0. The number of benzene rings is 1. The van der Waals surface area contributed by atoms with Gasteiger partial charge in [-0.1, -0.05) is 12.1 Å². The Bertz CT molecular complexity index is 785. The van der Waals surface area contributed by atoms with Crippen molar-refractivity contribution in [2.45, 2.75) is 29.1 Å². The molecule has 3 rings (SSSR count). The van der Waals surface area contributed by atoms with E-state index in [2.05, 4.69) is 5.32 Å². The molecule has 1 N–H and O–H groups in total. The highest BCUT2D eigenvalue weighted by atomic mass is 35.5. The van der Waals surface area contributed by atoms with Crippen molar-refractivity contribution < 1.29 is 16.8 Å². The van der Waals surface area contributed by atoms with E-state index in [1.807, 2.05) is 0 Å². The van der Waals surface area contributed by atoms with Crippen molar-refractivity contribution in [2.75, 3.05) is 39.3 Å². The van der Waals surface area contributed by atoms with Crippen LogP contribution in [0.1, 0.15) is 19.3 Å². The first-order valence-corrected chi connectivity index (χ1v) is 11.1. The summed E-state index contributed by atoms with van der Waals surface area (Å²) in [7, 11) is -7.63. The Balaban J connectivity index is 0.00000225. The molecule has 0 aromatic heterocycles. The number of sulfonamides is 2. The quantitative estimate of drug-likeness (QED) is 0.797. The van der Waals surface area contributed by atoms with E-state index in [1.54, 1.807) is 12.1 Å². The number of hydrogen-bond donors (Lipinski definition) is 1. The minimum Gasteiger partial charge on any atom is -0.315 e. The number of nitrogens with zero attached hydrogens (tertiary/aromatic N) is 2. The molecule has 2 aliphatic rings. The lowest BCUT2D eigenvalue weighted by Gasteiger charge is -2.23. The number of nitrogens with one attached hydrogen (secondary N) is 1. The van der Waals surface area contributed by atoms with Crippen LogP contribution in [-0.4, -0.2) is 64.7 Å². The molecule has 2 saturated heterocycles. The Morgan fingerprint density at radius 1 is 0.720 bits per heavy atom. The van der Waals surface area contributed by atoms with E-state index in [4.69, 9.17) is 0 Å². The van der Waals surface area contributed by atoms with Crippen molar-refractivity contribution in [1.82, 2.24) is 13.9 Å². The average Bonchev–Trinajstić information content (AvgIpc) is 2.98. The minimum atomic E-state index is -3.84. The molecule has 25 heavy (non-hydrogen) atoms. The maximum atomic E-state index is 13.0. The smallest absolute Gasteiger partial charge is 0.244 e. The number of rotatable bonds is 4. The highest BCUT2D eigenvalue weighted by Crippen LogP contribution is 2.28. The lowest BCUT2D eigenvalue weighted by atomic mass is 10.4. The van der Waals surface area contributed by atoms with Gasteiger partial charge in [0.25, 0.3) is 0 Å². The zero-order valence-corrected chi connectivity index (χ0v) is 16.4. The topological polar surface area (TPSA) is 86.8 Å². The Labute approximate surface area is 155 Å². The first-order valence-electron chi connectivity index (χ1n) is 8.24. The fourth-order valence-electron chi connectivity index (χ4n) is 3.14. The second-order valence-corrected chi connectivity index (χ2v) is 9.88. The zero-order chi connectivity index (χ0) is 17.2. The SMILES string of the molecule is Cl.O=S(=O)(c1ccccc1S(=O)(=O)N1CCCNCC1)N1CCCC1. The molecule has 0 amide bonds. The van der Waals surface area contributed by atoms with Crippen LogP contribution in [0.5, 0.6) is 0 Å². The average molecular weight is 410 g/mol. The molecule has 0 spiro atoms. The van der Waals surface area contributed by atoms with E-state index >= 15 is 0 Å². The van der Waals surface area contributed by atoms with Gasteiger partial charge in [0.1, 0.15) is 9.79 Å². The van der Waals surface area contributed by atoms with Gasteiger partial charge in [-0.15, -0.1) is 12.4 Å². The highest BCUT2D eigenvalue weighted by molar-refractivity contribution is 7.92. The molecule has 0 aliphatic carbocycles. The molecule has 10 heteroatoms. The van der Waals surface area contributed by atoms with Crippen LogP contribution >= 0.6 is 12.4 Å². The van der Waals surface area contributed by atoms with E-state index < -0.39 is 20.0 Å². The first-order chi connectivity index (χ1) is 11.4. The predicted molar refractivity (Wildman–Crippen MR) is 97.9 cm³/mol. The van der Waals surface area contributed by atoms with E-state index in [-0.39, 0.29) is 22.2 Å². The monoisotopic (exact) mass is 409 g/mol. The van der Waals surface area contributed by atoms with Gasteiger partial charge < -0.3 is 5.32 Å². The minimum absolute atomic E-state index is 0. The van der Waals surface area contributed by atoms with Crippen LogP contribution in [0.2, 0.25) is 0 Å². The van der Waals surface area contributed by atoms with Crippen LogP contribution in [-0.2, 0) is 20.0 Å². The van der Waals surface area contributed by atoms with Crippen molar-refractivity contribution >= 4 is 32.5 Å². The van der Waals surface area contributed by atoms with E-state index in [0.717, 1.165) is 19.4 Å². The van der Waals surface area contributed by atoms with Gasteiger partial charge in [0.15, 0.2) is 0 Å². The van der Waals surface area contributed by atoms with Crippen LogP contribution in [0.3, 0.4) is 0 Å². The van der Waals surface area contributed by atoms with Crippen molar-refractivity contribution in [3.05, 3.63) is 24.3 Å². The van der Waals surface area contributed by atoms with Gasteiger partial charge in [-0.05, 0) is 37.9 Å². The summed E-state index contributed by atoms with van der Waals surface area (Å²) in [6.45, 7) is 2.97. The van der Waals surface area contributed by atoms with Gasteiger partial charge in [-0.3, -0.25) is 0 Å². The molecule has 1 aromatic carbocycles. The number of halogens is 1. The fourth-order valence-corrected chi connectivity index (χ4v) is 6.92. The molecule has 2 heterocycles. The number of hydrogen-bond acceptors (Lipinski definition) is 5. The van der Waals surface area contributed by atoms with Gasteiger partial charge in [0.2, 0.25) is 20.0 Å². The molecule has 2 fully saturated rings. The fraction of sp³-hybridized carbons (Fsp3) is 0.600. The van der Waals surface area contributed by atoms with Crippen LogP contribution in [0, 0.1) is 0 Å². The molecule has 1 aromatic rings. The van der Waals surface area contributed by atoms with Gasteiger partial charge >= 0.3 is 0 Å². The van der Waals surface area contributed by atoms with Crippen LogP contribution in [0.25, 0.3) is 0 Å². The Kier molecular flexibility index (Phi) is 6.86. The van der Waals surface area contributed by atoms with Crippen LogP contribution in [0.4, 0.5) is 0 Å². The van der Waals surface area contributed by atoms with E-state index in [0.29, 0.717) is 39.1 Å². The normalized spacial score (nSPS) is 20.8. The maximum absolute atomic E-state index is 13.0. The van der Waals surface area contributed by atoms with Crippen molar-refractivity contribution in [3.8, 4) is 0 Å². The van der Waals surface area contributed by atoms with Crippen molar-refractivity contribution in [2.24, 2.45) is 0 Å². The molecule has 0 bridgehead atoms. The predicted octanol–water partition coefficient (Wildman–Crippen LogP) is 0.877. The third-order valence-corrected chi connectivity index (χ3v) is 8.49. The standard InChI is InChI=1S/C15H23N3O4S2.ClH/c19-23(20,17-10-3-4-11-17)14-6-1-2-7-15(14)24(21,22)18-12-5-8-16-9-13-18;/h1-2,6-7,16H,3-5,8-13H2;1H. The summed E-state index contributed by atoms with van der Waals surface area (Å²) in [6, 6.07) is 5.95. The van der Waals surface area contributed by atoms with Gasteiger partial charge in [0.05, 0.1) is 0 Å². The lowest BCUT2D eigenvalue weighted by molar-refractivity contribution is 0.429. The summed E-state index contributed by atoms with van der Waals surface area (Å²) < 4.78 is 54.6. The maximum Gasteiger partial charge on any atom is 0.244 e. The molecule has 0 radical (unpaired) electrons. The molecule has 2 aliphatic heterocycles. The van der Waals surface area contributed by atoms with Crippen LogP contribution in [0.15, 0.2) is 34.1 Å². The van der Waals surface area contributed by atoms with Gasteiger partial charge in [0, 0.05) is 32.7 Å². The zero-order valence-electron chi connectivity index (χ0n) is 13.9. The molecular formula is C15H24ClN3O4S2. The molecule has 0 saturated carbocycles. The van der Waals surface area contributed by atoms with E-state index in [9.17, 15) is 16.8 Å². The third-order valence-electron chi connectivity index (χ3n) is 4.45. The first kappa shape index (κ1) is 20.6. The van der Waals surface area contributed by atoms with Crippen molar-refractivity contribution in [1.29, 1.82) is 0 Å². The van der Waals surface area contributed by atoms with Crippen LogP contribution < -0.4 is 5.32 Å². The Morgan fingerprint density at radius 3 is 1.76 bits per heavy atom. The molecule has 7 nitrogen and oxygen atoms in total. The van der Waals surface area contributed by atoms with Gasteiger partial charge in [-0.2, -0.15) is 8.61 Å². The summed E-state index contributed by atoms with van der Waals surface area (Å²) in [5, 5.41) is 3.16.